The molecule has 8 nitrogen and oxygen atoms in total. The summed E-state index contributed by atoms with van der Waals surface area (Å²) in [4.78, 5) is 19.9. The van der Waals surface area contributed by atoms with E-state index in [0.29, 0.717) is 23.1 Å². The second-order valence-corrected chi connectivity index (χ2v) is 25.3. The molecule has 0 saturated heterocycles. The standard InChI is InChI=1S/C19H15ClN5O3S.3CH3.Sn/c1-2-24-18(15(20)12-21-24)19(26)23-16-9-6-10-17-14(16)11-22-25(17)29(27,28)13-7-4-3-5-8-13;;;;/h3-5,7-12H,2H2,1H3,(H,23,26);3*1H3;. The molecule has 0 aliphatic carbocycles. The van der Waals surface area contributed by atoms with E-state index in [0.717, 1.165) is 7.67 Å². The van der Waals surface area contributed by atoms with Crippen LogP contribution in [0.4, 0.5) is 5.69 Å². The molecule has 1 amide bonds. The van der Waals surface area contributed by atoms with Crippen molar-refractivity contribution in [1.29, 1.82) is 0 Å². The average Bonchev–Trinajstić information content (AvgIpc) is 3.37. The number of halogens is 1. The zero-order chi connectivity index (χ0) is 24.0. The van der Waals surface area contributed by atoms with E-state index in [1.807, 2.05) is 19.1 Å². The predicted molar refractivity (Wildman–Crippen MR) is 133 cm³/mol. The van der Waals surface area contributed by atoms with E-state index in [9.17, 15) is 13.2 Å². The number of aromatic nitrogens is 4. The van der Waals surface area contributed by atoms with Crippen LogP contribution in [0.1, 0.15) is 17.4 Å². The summed E-state index contributed by atoms with van der Waals surface area (Å²) in [6, 6.07) is 12.0. The Labute approximate surface area is 201 Å². The first-order valence-electron chi connectivity index (χ1n) is 10.4. The van der Waals surface area contributed by atoms with E-state index in [1.54, 1.807) is 18.2 Å². The van der Waals surface area contributed by atoms with Gasteiger partial charge < -0.3 is 0 Å². The van der Waals surface area contributed by atoms with E-state index in [2.05, 4.69) is 30.3 Å². The van der Waals surface area contributed by atoms with Crippen LogP contribution in [0, 0.1) is 0 Å². The van der Waals surface area contributed by atoms with Gasteiger partial charge in [0.1, 0.15) is 0 Å². The van der Waals surface area contributed by atoms with Crippen molar-refractivity contribution in [2.24, 2.45) is 0 Å². The monoisotopic (exact) mass is 593 g/mol. The first-order valence-corrected chi connectivity index (χ1v) is 22.2. The van der Waals surface area contributed by atoms with Crippen LogP contribution >= 0.6 is 11.6 Å². The molecule has 2 aromatic heterocycles. The van der Waals surface area contributed by atoms with Gasteiger partial charge in [-0.3, -0.25) is 0 Å². The fraction of sp³-hybridized carbons (Fsp3) is 0.227. The molecular formula is C22H24ClN5O3SSn. The van der Waals surface area contributed by atoms with Crippen molar-refractivity contribution < 1.29 is 13.2 Å². The first kappa shape index (κ1) is 23.8. The van der Waals surface area contributed by atoms with Gasteiger partial charge in [0.15, 0.2) is 0 Å². The molecule has 0 aliphatic heterocycles. The molecule has 0 bridgehead atoms. The van der Waals surface area contributed by atoms with Crippen LogP contribution in [0.3, 0.4) is 0 Å². The zero-order valence-corrected chi connectivity index (χ0v) is 23.1. The number of anilines is 1. The van der Waals surface area contributed by atoms with E-state index in [-0.39, 0.29) is 15.6 Å². The van der Waals surface area contributed by atoms with Crippen molar-refractivity contribution in [2.45, 2.75) is 33.2 Å². The summed E-state index contributed by atoms with van der Waals surface area (Å²) >= 11 is 3.51. The quantitative estimate of drug-likeness (QED) is 0.342. The number of amides is 1. The molecule has 0 radical (unpaired) electrons. The van der Waals surface area contributed by atoms with Crippen molar-refractivity contribution in [3.8, 4) is 0 Å². The summed E-state index contributed by atoms with van der Waals surface area (Å²) < 4.78 is 30.2. The van der Waals surface area contributed by atoms with Crippen LogP contribution in [0.2, 0.25) is 19.8 Å². The van der Waals surface area contributed by atoms with Crippen LogP contribution in [-0.2, 0) is 16.6 Å². The van der Waals surface area contributed by atoms with Crippen LogP contribution in [0.5, 0.6) is 0 Å². The van der Waals surface area contributed by atoms with Crippen LogP contribution in [-0.4, -0.2) is 51.7 Å². The first-order chi connectivity index (χ1) is 15.5. The molecule has 11 heteroatoms. The molecule has 0 atom stereocenters. The second kappa shape index (κ2) is 8.77. The van der Waals surface area contributed by atoms with E-state index < -0.39 is 34.3 Å². The number of benzene rings is 2. The Balaban J connectivity index is 1.89. The number of hydrogen-bond donors (Lipinski definition) is 1. The molecular weight excluding hydrogens is 569 g/mol. The Morgan fingerprint density at radius 1 is 1.09 bits per heavy atom. The molecule has 4 aromatic rings. The Bertz CT molecular complexity index is 1460. The van der Waals surface area contributed by atoms with Gasteiger partial charge in [0.25, 0.3) is 0 Å². The number of carbonyl (C=O) groups excluding carboxylic acids is 1. The van der Waals surface area contributed by atoms with Gasteiger partial charge in [0.2, 0.25) is 0 Å². The van der Waals surface area contributed by atoms with Crippen LogP contribution < -0.4 is 8.90 Å². The molecule has 0 aliphatic rings. The van der Waals surface area contributed by atoms with E-state index in [4.69, 9.17) is 11.6 Å². The van der Waals surface area contributed by atoms with Crippen LogP contribution in [0.15, 0.2) is 59.8 Å². The van der Waals surface area contributed by atoms with Gasteiger partial charge in [0.05, 0.1) is 0 Å². The molecule has 4 rings (SSSR count). The number of fused-ring (bicyclic) bond motifs is 1. The number of hydrogen-bond acceptors (Lipinski definition) is 5. The van der Waals surface area contributed by atoms with E-state index in [1.165, 1.54) is 29.2 Å². The van der Waals surface area contributed by atoms with Gasteiger partial charge in [-0.25, -0.2) is 0 Å². The Morgan fingerprint density at radius 2 is 1.79 bits per heavy atom. The molecule has 172 valence electrons. The molecule has 0 saturated carbocycles. The van der Waals surface area contributed by atoms with Gasteiger partial charge in [0, 0.05) is 0 Å². The molecule has 0 unspecified atom stereocenters. The fourth-order valence-electron chi connectivity index (χ4n) is 3.53. The summed E-state index contributed by atoms with van der Waals surface area (Å²) in [5.74, 6) is -0.416. The summed E-state index contributed by atoms with van der Waals surface area (Å²) in [5.41, 5.74) is 1.17. The molecule has 33 heavy (non-hydrogen) atoms. The summed E-state index contributed by atoms with van der Waals surface area (Å²) in [6.45, 7) is 2.35. The van der Waals surface area contributed by atoms with Crippen molar-refractivity contribution in [1.82, 2.24) is 19.0 Å². The maximum absolute atomic E-state index is 13.3. The van der Waals surface area contributed by atoms with Crippen molar-refractivity contribution >= 4 is 66.1 Å². The fourth-order valence-corrected chi connectivity index (χ4v) is 8.32. The van der Waals surface area contributed by atoms with Crippen molar-refractivity contribution in [3.63, 3.8) is 0 Å². The Hall–Kier alpha value is -2.37. The van der Waals surface area contributed by atoms with Gasteiger partial charge in [-0.1, -0.05) is 0 Å². The Kier molecular flexibility index (Phi) is 6.32. The van der Waals surface area contributed by atoms with Crippen molar-refractivity contribution in [2.75, 3.05) is 5.32 Å². The SMILES string of the molecule is CCn1ncc(Cl)c1C(=O)Nc1c[c]([Sn]([CH3])([CH3])[CH3])cc2c1cnn2S(=O)(=O)c1ccccc1. The molecule has 2 heterocycles. The van der Waals surface area contributed by atoms with Gasteiger partial charge in [-0.05, 0) is 0 Å². The maximum atomic E-state index is 13.3. The Morgan fingerprint density at radius 3 is 2.42 bits per heavy atom. The third kappa shape index (κ3) is 4.41. The number of carbonyl (C=O) groups is 1. The van der Waals surface area contributed by atoms with Crippen LogP contribution in [0.25, 0.3) is 10.9 Å². The zero-order valence-electron chi connectivity index (χ0n) is 18.7. The summed E-state index contributed by atoms with van der Waals surface area (Å²) in [6.07, 6.45) is 2.90. The molecule has 0 fully saturated rings. The molecule has 1 N–H and O–H groups in total. The minimum absolute atomic E-state index is 0.142. The second-order valence-electron chi connectivity index (χ2n) is 8.62. The topological polar surface area (TPSA) is 98.9 Å². The number of nitrogens with one attached hydrogen (secondary N) is 1. The minimum atomic E-state index is -3.91. The van der Waals surface area contributed by atoms with Gasteiger partial charge >= 0.3 is 202 Å². The number of nitrogens with zero attached hydrogens (tertiary/aromatic N) is 4. The van der Waals surface area contributed by atoms with Crippen molar-refractivity contribution in [3.05, 3.63) is 65.6 Å². The van der Waals surface area contributed by atoms with Gasteiger partial charge in [-0.2, -0.15) is 0 Å². The number of aryl methyl sites for hydroxylation is 1. The molecule has 0 spiro atoms. The summed E-state index contributed by atoms with van der Waals surface area (Å²) in [7, 11) is -3.91. The number of rotatable bonds is 6. The third-order valence-corrected chi connectivity index (χ3v) is 13.0. The average molecular weight is 593 g/mol. The summed E-state index contributed by atoms with van der Waals surface area (Å²) in [5, 5.41) is 12.0. The molecule has 2 aromatic carbocycles. The predicted octanol–water partition coefficient (Wildman–Crippen LogP) is 3.94. The third-order valence-electron chi connectivity index (χ3n) is 5.35. The normalized spacial score (nSPS) is 12.3. The van der Waals surface area contributed by atoms with E-state index >= 15 is 0 Å². The van der Waals surface area contributed by atoms with Gasteiger partial charge in [-0.15, -0.1) is 0 Å².